The second kappa shape index (κ2) is 30.4. The van der Waals surface area contributed by atoms with Crippen molar-refractivity contribution in [1.82, 2.24) is 0 Å². The summed E-state index contributed by atoms with van der Waals surface area (Å²) >= 11 is 2.36. The lowest BCUT2D eigenvalue weighted by atomic mass is 9.85. The highest BCUT2D eigenvalue weighted by Crippen LogP contribution is 2.62. The van der Waals surface area contributed by atoms with E-state index in [4.69, 9.17) is 0 Å². The zero-order chi connectivity index (χ0) is 47.9. The molecule has 2 aromatic carbocycles. The molecule has 6 aliphatic heterocycles. The molecule has 10 atom stereocenters. The molecule has 0 aromatic heterocycles. The van der Waals surface area contributed by atoms with E-state index in [2.05, 4.69) is 225 Å². The lowest BCUT2D eigenvalue weighted by Crippen LogP contribution is -2.40. The van der Waals surface area contributed by atoms with Crippen molar-refractivity contribution in [3.05, 3.63) is 58.7 Å². The van der Waals surface area contributed by atoms with Gasteiger partial charge in [0.1, 0.15) is 11.5 Å². The Hall–Kier alpha value is 3.29. The van der Waals surface area contributed by atoms with Gasteiger partial charge in [-0.15, -0.1) is 0 Å². The summed E-state index contributed by atoms with van der Waals surface area (Å²) in [5.41, 5.74) is 4.61. The average Bonchev–Trinajstić information content (AvgIpc) is 3.81. The van der Waals surface area contributed by atoms with Crippen molar-refractivity contribution in [2.75, 3.05) is 11.5 Å². The molecule has 0 aliphatic carbocycles. The molecular formula is C51H78O2S15. The molecule has 10 unspecified atom stereocenters. The normalized spacial score (nSPS) is 29.6. The Morgan fingerprint density at radius 3 is 1.28 bits per heavy atom. The van der Waals surface area contributed by atoms with Gasteiger partial charge in [0.25, 0.3) is 0 Å². The number of aryl methyl sites for hydroxylation is 2. The molecule has 8 rings (SSSR count). The predicted octanol–water partition coefficient (Wildman–Crippen LogP) is 21.1. The molecule has 0 saturated carbocycles. The summed E-state index contributed by atoms with van der Waals surface area (Å²) in [5.74, 6) is 3.52. The molecule has 6 fully saturated rings. The van der Waals surface area contributed by atoms with Gasteiger partial charge in [0.15, 0.2) is 0 Å². The summed E-state index contributed by atoms with van der Waals surface area (Å²) in [5, 5.41) is 29.0. The number of aromatic hydroxyl groups is 2. The smallest absolute Gasteiger partial charge is 0.119 e. The highest BCUT2D eigenvalue weighted by molar-refractivity contribution is 9.26. The van der Waals surface area contributed by atoms with Crippen LogP contribution in [0.4, 0.5) is 0 Å². The summed E-state index contributed by atoms with van der Waals surface area (Å²) in [7, 11) is 30.6. The standard InChI is InChI=1S/C51H78O2S15/c1-50(2,3)38-24-22-34(26-40(38)52)18-14-10-7-8-12-17-21-43-48-31-49(60-59-48)47(64-68-66-62-43)29-37-33-55-54-32-36(57-58-37)28-46-45-30-44(56-45)42(61-65-67-63-46)20-16-13-9-11-15-19-35-23-25-39(41(53)27-35)51(4,5)6/h22-27,36-37,42-49,52-53H,7-21,28-33H2,1-6H3. The van der Waals surface area contributed by atoms with Gasteiger partial charge in [0, 0.05) is 64.0 Å². The quantitative estimate of drug-likeness (QED) is 0.0920. The van der Waals surface area contributed by atoms with Crippen molar-refractivity contribution in [2.24, 2.45) is 0 Å². The first-order valence-corrected chi connectivity index (χ1v) is 43.2. The lowest BCUT2D eigenvalue weighted by molar-refractivity contribution is 0.445. The third-order valence-electron chi connectivity index (χ3n) is 13.8. The van der Waals surface area contributed by atoms with Crippen molar-refractivity contribution in [2.45, 2.75) is 227 Å². The van der Waals surface area contributed by atoms with Crippen LogP contribution in [0.2, 0.25) is 0 Å². The number of rotatable bonds is 21. The average molecular weight is 1200 g/mol. The fraction of sp³-hybridized carbons (Fsp3) is 0.765. The van der Waals surface area contributed by atoms with Gasteiger partial charge in [0.2, 0.25) is 0 Å². The summed E-state index contributed by atoms with van der Waals surface area (Å²) < 4.78 is 0. The van der Waals surface area contributed by atoms with Crippen molar-refractivity contribution >= 4 is 159 Å². The molecule has 6 heterocycles. The Bertz CT molecular complexity index is 1790. The first kappa shape index (κ1) is 59.0. The van der Waals surface area contributed by atoms with Crippen LogP contribution in [0, 0.1) is 0 Å². The minimum absolute atomic E-state index is 0.0160. The number of hydrogen-bond donors (Lipinski definition) is 2. The molecule has 0 amide bonds. The van der Waals surface area contributed by atoms with Crippen molar-refractivity contribution in [1.29, 1.82) is 0 Å². The van der Waals surface area contributed by atoms with Crippen LogP contribution in [0.3, 0.4) is 0 Å². The number of fused-ring (bicyclic) bond motifs is 7. The van der Waals surface area contributed by atoms with Gasteiger partial charge in [-0.3, -0.25) is 0 Å². The van der Waals surface area contributed by atoms with Gasteiger partial charge in [-0.1, -0.05) is 232 Å². The second-order valence-electron chi connectivity index (χ2n) is 21.4. The molecule has 68 heavy (non-hydrogen) atoms. The number of thioether (sulfide) groups is 1. The van der Waals surface area contributed by atoms with Gasteiger partial charge < -0.3 is 10.2 Å². The largest absolute Gasteiger partial charge is 0.508 e. The minimum Gasteiger partial charge on any atom is -0.508 e. The van der Waals surface area contributed by atoms with E-state index in [0.29, 0.717) is 11.5 Å². The van der Waals surface area contributed by atoms with E-state index in [0.717, 1.165) is 76.5 Å². The minimum atomic E-state index is -0.0165. The van der Waals surface area contributed by atoms with Crippen molar-refractivity contribution < 1.29 is 10.2 Å². The van der Waals surface area contributed by atoms with Crippen LogP contribution in [-0.2, 0) is 23.7 Å². The molecule has 2 N–H and O–H groups in total. The summed E-state index contributed by atoms with van der Waals surface area (Å²) in [6.07, 6.45) is 25.0. The maximum Gasteiger partial charge on any atom is 0.119 e. The fourth-order valence-corrected chi connectivity index (χ4v) is 39.6. The lowest BCUT2D eigenvalue weighted by Gasteiger charge is -2.42. The van der Waals surface area contributed by atoms with Crippen molar-refractivity contribution in [3.63, 3.8) is 0 Å². The molecule has 384 valence electrons. The molecule has 6 aliphatic rings. The molecular weight excluding hydrogens is 1130 g/mol. The SMILES string of the molecule is CC(C)(C)c1ccc(CCCCCCCCC2SSSSC(CC3CSSCC(CC4SSSSC(CCCCCCCc5ccc(C(C)(C)C)c(O)c5)C5CC4S5)SS3)C3CC2SS3)cc1O. The predicted molar refractivity (Wildman–Crippen MR) is 341 cm³/mol. The Morgan fingerprint density at radius 2 is 0.824 bits per heavy atom. The Kier molecular flexibility index (Phi) is 26.4. The second-order valence-corrected chi connectivity index (χ2v) is 43.6. The van der Waals surface area contributed by atoms with Crippen LogP contribution >= 0.6 is 159 Å². The molecule has 2 nitrogen and oxygen atoms in total. The van der Waals surface area contributed by atoms with Crippen LogP contribution in [0.15, 0.2) is 36.4 Å². The fourth-order valence-electron chi connectivity index (χ4n) is 9.68. The molecule has 17 heteroatoms. The molecule has 2 aromatic rings. The monoisotopic (exact) mass is 1200 g/mol. The number of hydrogen-bond acceptors (Lipinski definition) is 17. The van der Waals surface area contributed by atoms with Crippen LogP contribution in [-0.4, -0.2) is 74.2 Å². The molecule has 6 saturated heterocycles. The first-order valence-electron chi connectivity index (χ1n) is 25.3. The van der Waals surface area contributed by atoms with Crippen LogP contribution < -0.4 is 0 Å². The summed E-state index contributed by atoms with van der Waals surface area (Å²) in [4.78, 5) is 0. The Balaban J connectivity index is 0.748. The molecule has 4 bridgehead atoms. The van der Waals surface area contributed by atoms with E-state index in [1.807, 2.05) is 12.1 Å². The van der Waals surface area contributed by atoms with E-state index >= 15 is 0 Å². The zero-order valence-corrected chi connectivity index (χ0v) is 53.4. The summed E-state index contributed by atoms with van der Waals surface area (Å²) in [6.45, 7) is 13.0. The number of unbranched alkanes of at least 4 members (excludes halogenated alkanes) is 9. The van der Waals surface area contributed by atoms with Crippen molar-refractivity contribution in [3.8, 4) is 11.5 Å². The van der Waals surface area contributed by atoms with E-state index in [9.17, 15) is 10.2 Å². The highest BCUT2D eigenvalue weighted by Gasteiger charge is 2.43. The third-order valence-corrected chi connectivity index (χ3v) is 40.6. The van der Waals surface area contributed by atoms with Gasteiger partial charge in [-0.25, -0.2) is 0 Å². The summed E-state index contributed by atoms with van der Waals surface area (Å²) in [6, 6.07) is 12.7. The number of benzene rings is 2. The molecule has 0 radical (unpaired) electrons. The number of phenols is 2. The maximum absolute atomic E-state index is 10.6. The molecule has 0 spiro atoms. The Morgan fingerprint density at radius 1 is 0.441 bits per heavy atom. The van der Waals surface area contributed by atoms with Crippen LogP contribution in [0.1, 0.15) is 173 Å². The van der Waals surface area contributed by atoms with Crippen LogP contribution in [0.5, 0.6) is 11.5 Å². The van der Waals surface area contributed by atoms with E-state index in [1.54, 1.807) is 0 Å². The van der Waals surface area contributed by atoms with E-state index in [1.165, 1.54) is 132 Å². The van der Waals surface area contributed by atoms with Crippen LogP contribution in [0.25, 0.3) is 0 Å². The zero-order valence-electron chi connectivity index (χ0n) is 41.1. The first-order chi connectivity index (χ1) is 32.8. The van der Waals surface area contributed by atoms with E-state index in [-0.39, 0.29) is 10.8 Å². The van der Waals surface area contributed by atoms with E-state index < -0.39 is 0 Å². The van der Waals surface area contributed by atoms with Gasteiger partial charge in [0.05, 0.1) is 0 Å². The topological polar surface area (TPSA) is 40.5 Å². The third kappa shape index (κ3) is 19.3. The maximum atomic E-state index is 10.6. The van der Waals surface area contributed by atoms with Gasteiger partial charge in [-0.05, 0) is 149 Å². The Labute approximate surface area is 472 Å². The van der Waals surface area contributed by atoms with Gasteiger partial charge in [-0.2, -0.15) is 11.8 Å². The highest BCUT2D eigenvalue weighted by atomic mass is 33.7. The number of phenolic OH excluding ortho intramolecular Hbond substituents is 2. The van der Waals surface area contributed by atoms with Gasteiger partial charge >= 0.3 is 0 Å².